The lowest BCUT2D eigenvalue weighted by Crippen LogP contribution is -2.17. The Morgan fingerprint density at radius 2 is 2.05 bits per heavy atom. The van der Waals surface area contributed by atoms with Gasteiger partial charge in [0.25, 0.3) is 0 Å². The van der Waals surface area contributed by atoms with E-state index in [0.29, 0.717) is 12.6 Å². The summed E-state index contributed by atoms with van der Waals surface area (Å²) in [5, 5.41) is 9.02. The molecular formula is C15H17N3S. The molecule has 0 radical (unpaired) electrons. The second-order valence-corrected chi connectivity index (χ2v) is 5.60. The first-order valence-electron chi connectivity index (χ1n) is 6.52. The van der Waals surface area contributed by atoms with Crippen molar-refractivity contribution in [3.8, 4) is 0 Å². The molecule has 1 unspecified atom stereocenters. The zero-order valence-electron chi connectivity index (χ0n) is 10.7. The fourth-order valence-electron chi connectivity index (χ4n) is 2.41. The molecule has 2 N–H and O–H groups in total. The van der Waals surface area contributed by atoms with Gasteiger partial charge < -0.3 is 5.73 Å². The summed E-state index contributed by atoms with van der Waals surface area (Å²) in [6, 6.07) is 15.0. The third-order valence-electron chi connectivity index (χ3n) is 3.30. The highest BCUT2D eigenvalue weighted by atomic mass is 32.1. The minimum atomic E-state index is 0.323. The van der Waals surface area contributed by atoms with E-state index in [2.05, 4.69) is 46.8 Å². The van der Waals surface area contributed by atoms with Crippen molar-refractivity contribution in [3.05, 3.63) is 52.7 Å². The summed E-state index contributed by atoms with van der Waals surface area (Å²) in [6.45, 7) is 0.665. The van der Waals surface area contributed by atoms with E-state index in [9.17, 15) is 0 Å². The van der Waals surface area contributed by atoms with Gasteiger partial charge in [-0.2, -0.15) is 5.10 Å². The molecule has 4 heteroatoms. The van der Waals surface area contributed by atoms with E-state index in [-0.39, 0.29) is 0 Å². The van der Waals surface area contributed by atoms with Crippen LogP contribution in [-0.2, 0) is 0 Å². The highest BCUT2D eigenvalue weighted by Crippen LogP contribution is 2.37. The lowest BCUT2D eigenvalue weighted by Gasteiger charge is -2.22. The quantitative estimate of drug-likeness (QED) is 0.926. The Morgan fingerprint density at radius 3 is 2.74 bits per heavy atom. The lowest BCUT2D eigenvalue weighted by molar-refractivity contribution is 0.721. The van der Waals surface area contributed by atoms with Crippen molar-refractivity contribution in [1.29, 1.82) is 0 Å². The van der Waals surface area contributed by atoms with Crippen molar-refractivity contribution >= 4 is 22.7 Å². The van der Waals surface area contributed by atoms with Crippen LogP contribution in [0.3, 0.4) is 0 Å². The molecule has 0 saturated heterocycles. The van der Waals surface area contributed by atoms with Gasteiger partial charge in [-0.3, -0.25) is 5.01 Å². The van der Waals surface area contributed by atoms with Gasteiger partial charge in [0.2, 0.25) is 0 Å². The van der Waals surface area contributed by atoms with Crippen molar-refractivity contribution in [2.24, 2.45) is 10.8 Å². The molecule has 0 spiro atoms. The number of hydrogen-bond acceptors (Lipinski definition) is 4. The average Bonchev–Trinajstić information content (AvgIpc) is 3.08. The van der Waals surface area contributed by atoms with Gasteiger partial charge in [0.1, 0.15) is 0 Å². The van der Waals surface area contributed by atoms with Crippen molar-refractivity contribution < 1.29 is 0 Å². The van der Waals surface area contributed by atoms with E-state index >= 15 is 0 Å². The largest absolute Gasteiger partial charge is 0.330 e. The number of hydrazone groups is 1. The Labute approximate surface area is 117 Å². The van der Waals surface area contributed by atoms with E-state index < -0.39 is 0 Å². The normalized spacial score (nSPS) is 18.7. The topological polar surface area (TPSA) is 41.6 Å². The van der Waals surface area contributed by atoms with Crippen LogP contribution >= 0.6 is 11.3 Å². The molecule has 0 amide bonds. The monoisotopic (exact) mass is 271 g/mol. The Bertz CT molecular complexity index is 548. The molecule has 0 saturated carbocycles. The van der Waals surface area contributed by atoms with Gasteiger partial charge >= 0.3 is 0 Å². The maximum atomic E-state index is 5.66. The summed E-state index contributed by atoms with van der Waals surface area (Å²) in [5.74, 6) is 0. The first kappa shape index (κ1) is 12.4. The summed E-state index contributed by atoms with van der Waals surface area (Å²) in [6.07, 6.45) is 1.86. The van der Waals surface area contributed by atoms with Gasteiger partial charge in [0, 0.05) is 17.0 Å². The van der Waals surface area contributed by atoms with Crippen LogP contribution in [0.15, 0.2) is 52.9 Å². The number of thiophene rings is 1. The third-order valence-corrected chi connectivity index (χ3v) is 4.27. The van der Waals surface area contributed by atoms with E-state index in [1.54, 1.807) is 11.3 Å². The van der Waals surface area contributed by atoms with Gasteiger partial charge in [-0.05, 0) is 36.5 Å². The van der Waals surface area contributed by atoms with Crippen LogP contribution < -0.4 is 10.7 Å². The lowest BCUT2D eigenvalue weighted by atomic mass is 10.1. The second kappa shape index (κ2) is 5.55. The smallest absolute Gasteiger partial charge is 0.0920 e. The van der Waals surface area contributed by atoms with Crippen LogP contribution in [-0.4, -0.2) is 12.3 Å². The maximum absolute atomic E-state index is 5.66. The summed E-state index contributed by atoms with van der Waals surface area (Å²) in [4.78, 5) is 1.36. The number of anilines is 1. The predicted molar refractivity (Wildman–Crippen MR) is 81.7 cm³/mol. The molecule has 19 heavy (non-hydrogen) atoms. The van der Waals surface area contributed by atoms with Gasteiger partial charge in [0.15, 0.2) is 0 Å². The molecule has 1 aliphatic heterocycles. The van der Waals surface area contributed by atoms with E-state index in [0.717, 1.165) is 18.5 Å². The highest BCUT2D eigenvalue weighted by molar-refractivity contribution is 7.10. The fraction of sp³-hybridized carbons (Fsp3) is 0.267. The molecule has 3 rings (SSSR count). The molecule has 1 atom stereocenters. The van der Waals surface area contributed by atoms with Crippen LogP contribution in [0.5, 0.6) is 0 Å². The SMILES string of the molecule is NCCC1=NN(c2ccccc2)C(c2cccs2)C1. The average molecular weight is 271 g/mol. The Balaban J connectivity index is 1.92. The van der Waals surface area contributed by atoms with Crippen molar-refractivity contribution in [1.82, 2.24) is 0 Å². The first-order valence-corrected chi connectivity index (χ1v) is 7.40. The van der Waals surface area contributed by atoms with Gasteiger partial charge in [-0.25, -0.2) is 0 Å². The number of nitrogens with two attached hydrogens (primary N) is 1. The van der Waals surface area contributed by atoms with Gasteiger partial charge in [-0.15, -0.1) is 11.3 Å². The number of rotatable bonds is 4. The van der Waals surface area contributed by atoms with Gasteiger partial charge in [-0.1, -0.05) is 24.3 Å². The predicted octanol–water partition coefficient (Wildman–Crippen LogP) is 3.40. The zero-order chi connectivity index (χ0) is 13.1. The van der Waals surface area contributed by atoms with Crippen LogP contribution in [0, 0.1) is 0 Å². The molecule has 1 aromatic carbocycles. The third kappa shape index (κ3) is 2.55. The summed E-state index contributed by atoms with van der Waals surface area (Å²) in [7, 11) is 0. The molecule has 1 aromatic heterocycles. The van der Waals surface area contributed by atoms with Crippen LogP contribution in [0.1, 0.15) is 23.8 Å². The Morgan fingerprint density at radius 1 is 1.21 bits per heavy atom. The van der Waals surface area contributed by atoms with Crippen LogP contribution in [0.25, 0.3) is 0 Å². The minimum absolute atomic E-state index is 0.323. The fourth-order valence-corrected chi connectivity index (χ4v) is 3.22. The molecule has 0 aliphatic carbocycles. The molecular weight excluding hydrogens is 254 g/mol. The van der Waals surface area contributed by atoms with Crippen LogP contribution in [0.2, 0.25) is 0 Å². The first-order chi connectivity index (χ1) is 9.38. The molecule has 1 aliphatic rings. The molecule has 3 nitrogen and oxygen atoms in total. The number of nitrogens with zero attached hydrogens (tertiary/aromatic N) is 2. The summed E-state index contributed by atoms with van der Waals surface area (Å²) in [5.41, 5.74) is 8.00. The van der Waals surface area contributed by atoms with E-state index in [1.165, 1.54) is 10.6 Å². The molecule has 0 bridgehead atoms. The number of hydrogen-bond donors (Lipinski definition) is 1. The van der Waals surface area contributed by atoms with Gasteiger partial charge in [0.05, 0.1) is 11.7 Å². The summed E-state index contributed by atoms with van der Waals surface area (Å²) < 4.78 is 0. The zero-order valence-corrected chi connectivity index (χ0v) is 11.5. The Kier molecular flexibility index (Phi) is 3.62. The van der Waals surface area contributed by atoms with Crippen molar-refractivity contribution in [2.75, 3.05) is 11.6 Å². The van der Waals surface area contributed by atoms with E-state index in [1.807, 2.05) is 6.07 Å². The molecule has 0 fully saturated rings. The summed E-state index contributed by atoms with van der Waals surface area (Å²) >= 11 is 1.79. The van der Waals surface area contributed by atoms with Crippen molar-refractivity contribution in [2.45, 2.75) is 18.9 Å². The number of benzene rings is 1. The van der Waals surface area contributed by atoms with Crippen molar-refractivity contribution in [3.63, 3.8) is 0 Å². The standard InChI is InChI=1S/C15H17N3S/c16-9-8-12-11-14(15-7-4-10-19-15)18(17-12)13-5-2-1-3-6-13/h1-7,10,14H,8-9,11,16H2. The molecule has 98 valence electrons. The second-order valence-electron chi connectivity index (χ2n) is 4.62. The molecule has 2 heterocycles. The van der Waals surface area contributed by atoms with Crippen LogP contribution in [0.4, 0.5) is 5.69 Å². The van der Waals surface area contributed by atoms with E-state index in [4.69, 9.17) is 10.8 Å². The highest BCUT2D eigenvalue weighted by Gasteiger charge is 2.29. The number of para-hydroxylation sites is 1. The Hall–Kier alpha value is -1.65. The maximum Gasteiger partial charge on any atom is 0.0920 e. The molecule has 2 aromatic rings. The minimum Gasteiger partial charge on any atom is -0.330 e.